The molecule has 43 heavy (non-hydrogen) atoms. The Morgan fingerprint density at radius 1 is 1.05 bits per heavy atom. The molecule has 10 nitrogen and oxygen atoms in total. The van der Waals surface area contributed by atoms with Gasteiger partial charge < -0.3 is 19.6 Å². The average molecular weight is 649 g/mol. The quantitative estimate of drug-likeness (QED) is 0.392. The van der Waals surface area contributed by atoms with E-state index in [0.717, 1.165) is 42.9 Å². The lowest BCUT2D eigenvalue weighted by Crippen LogP contribution is -2.47. The van der Waals surface area contributed by atoms with E-state index >= 15 is 0 Å². The minimum absolute atomic E-state index is 0.0121. The number of benzene rings is 2. The second kappa shape index (κ2) is 12.8. The largest absolute Gasteiger partial charge is 0.490 e. The van der Waals surface area contributed by atoms with Crippen LogP contribution in [0.15, 0.2) is 47.4 Å². The van der Waals surface area contributed by atoms with Gasteiger partial charge in [-0.15, -0.1) is 0 Å². The molecule has 2 saturated heterocycles. The Bertz CT molecular complexity index is 1580. The number of alkyl halides is 3. The van der Waals surface area contributed by atoms with Crippen LogP contribution in [-0.4, -0.2) is 83.9 Å². The standard InChI is InChI=1S/C24H24F2N4O4S2.C2HF3O2/c1-36(32,33)21-14-17(25)20(13-18(21)26)34-19-9-12-30(23(19)31)16-7-10-29(11-8-16)24-27-22(28-35-24)15-5-3-2-4-6-15;3-2(4,5)1(6)7/h2-6,13-14,16,19H,7-12H2,1H3;(H,6,7). The van der Waals surface area contributed by atoms with Gasteiger partial charge in [-0.1, -0.05) is 30.3 Å². The molecule has 0 aliphatic carbocycles. The zero-order valence-corrected chi connectivity index (χ0v) is 24.1. The van der Waals surface area contributed by atoms with Gasteiger partial charge in [0.2, 0.25) is 5.13 Å². The molecule has 0 saturated carbocycles. The molecular weight excluding hydrogens is 623 g/mol. The molecule has 3 heterocycles. The molecule has 1 N–H and O–H groups in total. The van der Waals surface area contributed by atoms with E-state index in [-0.39, 0.29) is 11.9 Å². The van der Waals surface area contributed by atoms with Crippen molar-refractivity contribution in [2.45, 2.75) is 42.5 Å². The van der Waals surface area contributed by atoms with Crippen molar-refractivity contribution < 1.29 is 49.8 Å². The topological polar surface area (TPSA) is 130 Å². The highest BCUT2D eigenvalue weighted by atomic mass is 32.2. The summed E-state index contributed by atoms with van der Waals surface area (Å²) in [5.41, 5.74) is 0.964. The molecule has 1 atom stereocenters. The molecule has 17 heteroatoms. The van der Waals surface area contributed by atoms with Gasteiger partial charge in [-0.3, -0.25) is 4.79 Å². The van der Waals surface area contributed by atoms with Crippen molar-refractivity contribution in [2.24, 2.45) is 0 Å². The van der Waals surface area contributed by atoms with Crippen LogP contribution in [0, 0.1) is 11.6 Å². The number of hydrogen-bond acceptors (Lipinski definition) is 9. The molecular formula is C26H25F5N4O6S2. The van der Waals surface area contributed by atoms with Crippen LogP contribution >= 0.6 is 11.5 Å². The van der Waals surface area contributed by atoms with Crippen molar-refractivity contribution in [1.82, 2.24) is 14.3 Å². The van der Waals surface area contributed by atoms with Gasteiger partial charge in [0, 0.05) is 61.5 Å². The van der Waals surface area contributed by atoms with Gasteiger partial charge in [0.1, 0.15) is 10.7 Å². The number of carboxylic acid groups (broad SMARTS) is 1. The molecule has 2 fully saturated rings. The van der Waals surface area contributed by atoms with Crippen molar-refractivity contribution in [2.75, 3.05) is 30.8 Å². The number of ether oxygens (including phenoxy) is 1. The van der Waals surface area contributed by atoms with Gasteiger partial charge in [0.15, 0.2) is 33.3 Å². The second-order valence-corrected chi connectivity index (χ2v) is 12.4. The number of amides is 1. The molecule has 2 aliphatic rings. The van der Waals surface area contributed by atoms with Crippen LogP contribution in [0.4, 0.5) is 27.1 Å². The lowest BCUT2D eigenvalue weighted by atomic mass is 10.0. The number of likely N-dealkylation sites (tertiary alicyclic amines) is 1. The lowest BCUT2D eigenvalue weighted by Gasteiger charge is -2.36. The van der Waals surface area contributed by atoms with Crippen LogP contribution < -0.4 is 9.64 Å². The highest BCUT2D eigenvalue weighted by Gasteiger charge is 2.40. The summed E-state index contributed by atoms with van der Waals surface area (Å²) >= 11 is 1.35. The number of nitrogens with zero attached hydrogens (tertiary/aromatic N) is 4. The van der Waals surface area contributed by atoms with E-state index < -0.39 is 50.4 Å². The van der Waals surface area contributed by atoms with Crippen LogP contribution in [0.2, 0.25) is 0 Å². The van der Waals surface area contributed by atoms with E-state index in [4.69, 9.17) is 14.6 Å². The maximum atomic E-state index is 14.4. The summed E-state index contributed by atoms with van der Waals surface area (Å²) in [5.74, 6) is -4.95. The van der Waals surface area contributed by atoms with Gasteiger partial charge in [-0.25, -0.2) is 22.0 Å². The maximum Gasteiger partial charge on any atom is 0.490 e. The highest BCUT2D eigenvalue weighted by molar-refractivity contribution is 7.90. The first-order valence-electron chi connectivity index (χ1n) is 12.8. The van der Waals surface area contributed by atoms with Crippen LogP contribution in [0.1, 0.15) is 19.3 Å². The smallest absolute Gasteiger partial charge is 0.477 e. The summed E-state index contributed by atoms with van der Waals surface area (Å²) in [5, 5.41) is 7.97. The third kappa shape index (κ3) is 7.76. The molecule has 232 valence electrons. The van der Waals surface area contributed by atoms with E-state index in [0.29, 0.717) is 30.9 Å². The third-order valence-corrected chi connectivity index (χ3v) is 8.60. The van der Waals surface area contributed by atoms with Crippen molar-refractivity contribution in [1.29, 1.82) is 0 Å². The Hall–Kier alpha value is -3.86. The Morgan fingerprint density at radius 2 is 1.67 bits per heavy atom. The zero-order chi connectivity index (χ0) is 31.5. The number of sulfone groups is 1. The maximum absolute atomic E-state index is 14.4. The predicted molar refractivity (Wildman–Crippen MR) is 144 cm³/mol. The highest BCUT2D eigenvalue weighted by Crippen LogP contribution is 2.31. The number of carbonyl (C=O) groups is 2. The summed E-state index contributed by atoms with van der Waals surface area (Å²) in [6, 6.07) is 11.1. The molecule has 3 aromatic rings. The molecule has 0 radical (unpaired) electrons. The van der Waals surface area contributed by atoms with Gasteiger partial charge in [0.05, 0.1) is 0 Å². The number of aromatic nitrogens is 2. The van der Waals surface area contributed by atoms with Gasteiger partial charge in [0.25, 0.3) is 5.91 Å². The van der Waals surface area contributed by atoms with Gasteiger partial charge in [-0.2, -0.15) is 22.5 Å². The van der Waals surface area contributed by atoms with Crippen LogP contribution in [0.5, 0.6) is 5.75 Å². The van der Waals surface area contributed by atoms with Crippen molar-refractivity contribution >= 4 is 38.4 Å². The minimum atomic E-state index is -5.08. The first-order chi connectivity index (χ1) is 20.1. The number of carboxylic acids is 1. The summed E-state index contributed by atoms with van der Waals surface area (Å²) in [4.78, 5) is 29.7. The predicted octanol–water partition coefficient (Wildman–Crippen LogP) is 4.17. The molecule has 2 aromatic carbocycles. The number of hydrogen-bond donors (Lipinski definition) is 1. The summed E-state index contributed by atoms with van der Waals surface area (Å²) in [7, 11) is -3.93. The van der Waals surface area contributed by atoms with E-state index in [2.05, 4.69) is 14.3 Å². The summed E-state index contributed by atoms with van der Waals surface area (Å²) in [6.45, 7) is 1.89. The number of aliphatic carboxylic acids is 1. The normalized spacial score (nSPS) is 17.9. The van der Waals surface area contributed by atoms with Gasteiger partial charge in [-0.05, 0) is 18.9 Å². The molecule has 2 aliphatic heterocycles. The molecule has 0 bridgehead atoms. The van der Waals surface area contributed by atoms with E-state index in [9.17, 15) is 35.2 Å². The third-order valence-electron chi connectivity index (χ3n) is 6.71. The number of anilines is 1. The van der Waals surface area contributed by atoms with Crippen LogP contribution in [0.3, 0.4) is 0 Å². The first kappa shape index (κ1) is 32.1. The van der Waals surface area contributed by atoms with Crippen LogP contribution in [0.25, 0.3) is 11.4 Å². The second-order valence-electron chi connectivity index (χ2n) is 9.70. The number of halogens is 5. The fourth-order valence-electron chi connectivity index (χ4n) is 4.60. The first-order valence-corrected chi connectivity index (χ1v) is 15.4. The fourth-order valence-corrected chi connectivity index (χ4v) is 6.07. The van der Waals surface area contributed by atoms with E-state index in [1.54, 1.807) is 4.90 Å². The molecule has 1 amide bonds. The monoisotopic (exact) mass is 648 g/mol. The summed E-state index contributed by atoms with van der Waals surface area (Å²) in [6.07, 6.45) is -3.42. The Balaban J connectivity index is 0.000000541. The molecule has 1 unspecified atom stereocenters. The molecule has 1 aromatic heterocycles. The number of piperidine rings is 1. The minimum Gasteiger partial charge on any atom is -0.477 e. The molecule has 5 rings (SSSR count). The van der Waals surface area contributed by atoms with Gasteiger partial charge >= 0.3 is 12.1 Å². The van der Waals surface area contributed by atoms with Crippen LogP contribution in [-0.2, 0) is 19.4 Å². The van der Waals surface area contributed by atoms with Crippen molar-refractivity contribution in [3.05, 3.63) is 54.1 Å². The lowest BCUT2D eigenvalue weighted by molar-refractivity contribution is -0.192. The fraction of sp³-hybridized carbons (Fsp3) is 0.385. The number of rotatable bonds is 6. The van der Waals surface area contributed by atoms with E-state index in [1.165, 1.54) is 11.5 Å². The van der Waals surface area contributed by atoms with Crippen molar-refractivity contribution in [3.8, 4) is 17.1 Å². The summed E-state index contributed by atoms with van der Waals surface area (Å²) < 4.78 is 93.5. The van der Waals surface area contributed by atoms with Crippen molar-refractivity contribution in [3.63, 3.8) is 0 Å². The SMILES string of the molecule is CS(=O)(=O)c1cc(F)c(OC2CCN(C3CCN(c4nc(-c5ccccc5)ns4)CC3)C2=O)cc1F.O=C(O)C(F)(F)F. The van der Waals surface area contributed by atoms with E-state index in [1.807, 2.05) is 30.3 Å². The average Bonchev–Trinajstić information content (AvgIpc) is 3.58. The Kier molecular flexibility index (Phi) is 9.54. The Labute approximate surface area is 246 Å². The Morgan fingerprint density at radius 3 is 2.26 bits per heavy atom. The molecule has 0 spiro atoms. The number of carbonyl (C=O) groups excluding carboxylic acids is 1. The zero-order valence-electron chi connectivity index (χ0n) is 22.4.